The van der Waals surface area contributed by atoms with E-state index < -0.39 is 0 Å². The molecule has 0 amide bonds. The number of guanidine groups is 1. The van der Waals surface area contributed by atoms with Gasteiger partial charge in [-0.05, 0) is 43.5 Å². The molecule has 0 aliphatic rings. The minimum absolute atomic E-state index is 0.680. The largest absolute Gasteiger partial charge is 0.493 e. The summed E-state index contributed by atoms with van der Waals surface area (Å²) < 4.78 is 12.8. The number of hydrogen-bond donors (Lipinski definition) is 1. The molecule has 0 unspecified atom stereocenters. The van der Waals surface area contributed by atoms with Crippen LogP contribution < -0.4 is 14.8 Å². The van der Waals surface area contributed by atoms with E-state index >= 15 is 0 Å². The number of rotatable bonds is 9. The van der Waals surface area contributed by atoms with Crippen LogP contribution in [0.5, 0.6) is 11.5 Å². The van der Waals surface area contributed by atoms with E-state index in [9.17, 15) is 0 Å². The lowest BCUT2D eigenvalue weighted by atomic mass is 10.1. The van der Waals surface area contributed by atoms with Gasteiger partial charge in [0.05, 0.1) is 26.5 Å². The molecule has 0 aliphatic heterocycles. The number of aliphatic imine (C=N–C) groups is 1. The van der Waals surface area contributed by atoms with Crippen LogP contribution >= 0.6 is 0 Å². The number of aromatic nitrogens is 2. The summed E-state index contributed by atoms with van der Waals surface area (Å²) in [6, 6.07) is 16.5. The van der Waals surface area contributed by atoms with Crippen molar-refractivity contribution < 1.29 is 9.47 Å². The van der Waals surface area contributed by atoms with Crippen molar-refractivity contribution in [1.29, 1.82) is 0 Å². The fourth-order valence-electron chi connectivity index (χ4n) is 3.89. The van der Waals surface area contributed by atoms with Gasteiger partial charge in [0.2, 0.25) is 0 Å². The Morgan fingerprint density at radius 3 is 2.42 bits per heavy atom. The summed E-state index contributed by atoms with van der Waals surface area (Å²) >= 11 is 0. The Balaban J connectivity index is 1.60. The van der Waals surface area contributed by atoms with Gasteiger partial charge < -0.3 is 19.7 Å². The highest BCUT2D eigenvalue weighted by atomic mass is 16.5. The molecule has 7 nitrogen and oxygen atoms in total. The van der Waals surface area contributed by atoms with Gasteiger partial charge in [0.15, 0.2) is 17.5 Å². The van der Waals surface area contributed by atoms with E-state index in [4.69, 9.17) is 14.6 Å². The molecule has 0 radical (unpaired) electrons. The van der Waals surface area contributed by atoms with E-state index in [1.54, 1.807) is 14.2 Å². The smallest absolute Gasteiger partial charge is 0.193 e. The van der Waals surface area contributed by atoms with Gasteiger partial charge in [-0.3, -0.25) is 9.67 Å². The molecule has 0 saturated heterocycles. The molecule has 1 N–H and O–H groups in total. The first-order valence-electron chi connectivity index (χ1n) is 11.2. The highest BCUT2D eigenvalue weighted by Crippen LogP contribution is 2.27. The van der Waals surface area contributed by atoms with Crippen LogP contribution in [0.2, 0.25) is 0 Å². The van der Waals surface area contributed by atoms with Gasteiger partial charge in [-0.2, -0.15) is 5.10 Å². The predicted octanol–water partition coefficient (Wildman–Crippen LogP) is 3.82. The van der Waals surface area contributed by atoms with Crippen molar-refractivity contribution in [3.63, 3.8) is 0 Å². The number of hydrogen-bond acceptors (Lipinski definition) is 4. The average molecular weight is 450 g/mol. The zero-order chi connectivity index (χ0) is 23.8. The summed E-state index contributed by atoms with van der Waals surface area (Å²) in [6.45, 7) is 6.46. The second kappa shape index (κ2) is 11.4. The molecular formula is C26H35N5O2. The number of nitrogens with one attached hydrogen (secondary N) is 1. The lowest BCUT2D eigenvalue weighted by Crippen LogP contribution is -2.39. The minimum atomic E-state index is 0.680. The van der Waals surface area contributed by atoms with Crippen LogP contribution in [0.1, 0.15) is 28.1 Å². The Labute approximate surface area is 197 Å². The normalized spacial score (nSPS) is 11.4. The van der Waals surface area contributed by atoms with E-state index in [0.717, 1.165) is 42.7 Å². The number of likely N-dealkylation sites (N-methyl/N-ethyl adjacent to an activating group) is 1. The Morgan fingerprint density at radius 2 is 1.76 bits per heavy atom. The number of aryl methyl sites for hydroxylation is 1. The van der Waals surface area contributed by atoms with Gasteiger partial charge >= 0.3 is 0 Å². The van der Waals surface area contributed by atoms with Gasteiger partial charge in [-0.15, -0.1) is 0 Å². The summed E-state index contributed by atoms with van der Waals surface area (Å²) in [7, 11) is 7.17. The van der Waals surface area contributed by atoms with Crippen LogP contribution in [-0.2, 0) is 19.5 Å². The first-order valence-corrected chi connectivity index (χ1v) is 11.2. The molecule has 0 atom stereocenters. The number of benzene rings is 2. The van der Waals surface area contributed by atoms with E-state index in [0.29, 0.717) is 6.54 Å². The first kappa shape index (κ1) is 24.2. The van der Waals surface area contributed by atoms with Crippen LogP contribution in [0.15, 0.2) is 53.5 Å². The molecule has 7 heteroatoms. The number of methoxy groups -OCH3 is 2. The van der Waals surface area contributed by atoms with E-state index in [2.05, 4.69) is 71.1 Å². The van der Waals surface area contributed by atoms with Crippen molar-refractivity contribution in [1.82, 2.24) is 20.0 Å². The zero-order valence-electron chi connectivity index (χ0n) is 20.6. The highest BCUT2D eigenvalue weighted by molar-refractivity contribution is 5.79. The van der Waals surface area contributed by atoms with Crippen molar-refractivity contribution in [2.24, 2.45) is 4.99 Å². The van der Waals surface area contributed by atoms with Crippen LogP contribution in [-0.4, -0.2) is 55.5 Å². The maximum atomic E-state index is 5.42. The lowest BCUT2D eigenvalue weighted by molar-refractivity contribution is 0.354. The number of ether oxygens (including phenoxy) is 2. The van der Waals surface area contributed by atoms with Crippen LogP contribution in [0.25, 0.3) is 0 Å². The standard InChI is InChI=1S/C26H35N5O2/c1-19-23(20(2)31(29-19)18-22-10-8-7-9-11-22)17-28-26(27-3)30(4)15-14-21-12-13-24(32-5)25(16-21)33-6/h7-13,16H,14-15,17-18H2,1-6H3,(H,27,28). The molecule has 1 aromatic heterocycles. The van der Waals surface area contributed by atoms with Crippen molar-refractivity contribution in [2.75, 3.05) is 34.9 Å². The minimum Gasteiger partial charge on any atom is -0.493 e. The van der Waals surface area contributed by atoms with E-state index in [-0.39, 0.29) is 0 Å². The molecule has 2 aromatic carbocycles. The van der Waals surface area contributed by atoms with Crippen LogP contribution in [0.4, 0.5) is 0 Å². The summed E-state index contributed by atoms with van der Waals surface area (Å²) in [5.41, 5.74) is 5.85. The summed E-state index contributed by atoms with van der Waals surface area (Å²) in [5, 5.41) is 8.26. The molecule has 0 spiro atoms. The molecule has 3 rings (SSSR count). The molecular weight excluding hydrogens is 414 g/mol. The zero-order valence-corrected chi connectivity index (χ0v) is 20.6. The fourth-order valence-corrected chi connectivity index (χ4v) is 3.89. The maximum absolute atomic E-state index is 5.42. The summed E-state index contributed by atoms with van der Waals surface area (Å²) in [5.74, 6) is 2.34. The van der Waals surface area contributed by atoms with E-state index in [1.165, 1.54) is 22.4 Å². The molecule has 0 saturated carbocycles. The van der Waals surface area contributed by atoms with Crippen molar-refractivity contribution >= 4 is 5.96 Å². The van der Waals surface area contributed by atoms with Gasteiger partial charge in [-0.25, -0.2) is 0 Å². The van der Waals surface area contributed by atoms with E-state index in [1.807, 2.05) is 25.2 Å². The molecule has 0 aliphatic carbocycles. The predicted molar refractivity (Wildman–Crippen MR) is 133 cm³/mol. The monoisotopic (exact) mass is 449 g/mol. The lowest BCUT2D eigenvalue weighted by Gasteiger charge is -2.22. The van der Waals surface area contributed by atoms with Gasteiger partial charge in [0.25, 0.3) is 0 Å². The summed E-state index contributed by atoms with van der Waals surface area (Å²) in [6.07, 6.45) is 0.866. The average Bonchev–Trinajstić information content (AvgIpc) is 3.10. The fraction of sp³-hybridized carbons (Fsp3) is 0.385. The van der Waals surface area contributed by atoms with Crippen LogP contribution in [0, 0.1) is 13.8 Å². The number of nitrogens with zero attached hydrogens (tertiary/aromatic N) is 4. The quantitative estimate of drug-likeness (QED) is 0.398. The summed E-state index contributed by atoms with van der Waals surface area (Å²) in [4.78, 5) is 6.60. The van der Waals surface area contributed by atoms with Crippen molar-refractivity contribution in [2.45, 2.75) is 33.4 Å². The second-order valence-electron chi connectivity index (χ2n) is 8.05. The second-order valence-corrected chi connectivity index (χ2v) is 8.05. The highest BCUT2D eigenvalue weighted by Gasteiger charge is 2.14. The van der Waals surface area contributed by atoms with Crippen molar-refractivity contribution in [3.8, 4) is 11.5 Å². The van der Waals surface area contributed by atoms with Gasteiger partial charge in [0, 0.05) is 38.4 Å². The Hall–Kier alpha value is -3.48. The Kier molecular flexibility index (Phi) is 8.35. The van der Waals surface area contributed by atoms with Gasteiger partial charge in [0.1, 0.15) is 0 Å². The van der Waals surface area contributed by atoms with Gasteiger partial charge in [-0.1, -0.05) is 36.4 Å². The topological polar surface area (TPSA) is 63.9 Å². The SMILES string of the molecule is CN=C(NCc1c(C)nn(Cc2ccccc2)c1C)N(C)CCc1ccc(OC)c(OC)c1. The molecule has 0 bridgehead atoms. The third-order valence-corrected chi connectivity index (χ3v) is 5.89. The Morgan fingerprint density at radius 1 is 1.03 bits per heavy atom. The van der Waals surface area contributed by atoms with Crippen LogP contribution in [0.3, 0.4) is 0 Å². The molecule has 33 heavy (non-hydrogen) atoms. The van der Waals surface area contributed by atoms with Crippen molar-refractivity contribution in [3.05, 3.63) is 76.6 Å². The third kappa shape index (κ3) is 6.06. The molecule has 1 heterocycles. The first-order chi connectivity index (χ1) is 16.0. The Bertz CT molecular complexity index is 1080. The molecule has 3 aromatic rings. The molecule has 176 valence electrons. The maximum Gasteiger partial charge on any atom is 0.193 e. The molecule has 0 fully saturated rings. The third-order valence-electron chi connectivity index (χ3n) is 5.89.